The molecule has 1 N–H and O–H groups in total. The summed E-state index contributed by atoms with van der Waals surface area (Å²) >= 11 is 5.17. The number of hydrogen-bond donors (Lipinski definition) is 1. The number of carbonyl (C=O) groups is 1. The minimum Gasteiger partial charge on any atom is -0.328 e. The minimum absolute atomic E-state index is 0.0150. The summed E-state index contributed by atoms with van der Waals surface area (Å²) in [5.74, 6) is -1.04. The molecular formula is C14H12F2N2OS. The molecule has 2 aromatic rings. The lowest BCUT2D eigenvalue weighted by atomic mass is 9.87. The number of carbonyl (C=O) groups excluding carboxylic acids is 1. The molecule has 0 saturated heterocycles. The lowest BCUT2D eigenvalue weighted by Crippen LogP contribution is -2.19. The summed E-state index contributed by atoms with van der Waals surface area (Å²) in [6.45, 7) is 0. The van der Waals surface area contributed by atoms with Gasteiger partial charge in [-0.3, -0.25) is 4.79 Å². The fraction of sp³-hybridized carbons (Fsp3) is 0.286. The average Bonchev–Trinajstić information content (AvgIpc) is 2.79. The summed E-state index contributed by atoms with van der Waals surface area (Å²) in [5.41, 5.74) is 1.67. The third kappa shape index (κ3) is 2.20. The molecule has 3 rings (SSSR count). The fourth-order valence-corrected chi connectivity index (χ4v) is 3.10. The summed E-state index contributed by atoms with van der Waals surface area (Å²) in [6.07, 6.45) is 4.10. The zero-order valence-corrected chi connectivity index (χ0v) is 11.3. The van der Waals surface area contributed by atoms with E-state index in [2.05, 4.69) is 4.98 Å². The smallest absolute Gasteiger partial charge is 0.177 e. The van der Waals surface area contributed by atoms with Crippen LogP contribution in [0.3, 0.4) is 0 Å². The second-order valence-electron chi connectivity index (χ2n) is 4.96. The number of rotatable bonds is 2. The third-order valence-corrected chi connectivity index (χ3v) is 4.03. The average molecular weight is 294 g/mol. The summed E-state index contributed by atoms with van der Waals surface area (Å²) < 4.78 is 29.2. The second kappa shape index (κ2) is 4.94. The standard InChI is InChI=1S/C14H12F2N2OS/c15-9-3-8-4-11(1-2-12(8)13(16)5-9)18-6-10(7-19)17-14(18)20/h3,5-7,11H,1-2,4H2,(H,17,20). The van der Waals surface area contributed by atoms with Crippen LogP contribution in [0.25, 0.3) is 0 Å². The predicted molar refractivity (Wildman–Crippen MR) is 72.4 cm³/mol. The number of aldehydes is 1. The molecule has 0 radical (unpaired) electrons. The van der Waals surface area contributed by atoms with Gasteiger partial charge >= 0.3 is 0 Å². The van der Waals surface area contributed by atoms with Crippen molar-refractivity contribution in [1.82, 2.24) is 9.55 Å². The SMILES string of the molecule is O=Cc1cn(C2CCc3c(F)cc(F)cc3C2)c(=S)[nH]1. The number of halogens is 2. The first-order valence-electron chi connectivity index (χ1n) is 6.31. The van der Waals surface area contributed by atoms with E-state index < -0.39 is 11.6 Å². The van der Waals surface area contributed by atoms with Gasteiger partial charge in [-0.25, -0.2) is 8.78 Å². The Hall–Kier alpha value is -1.82. The van der Waals surface area contributed by atoms with Crippen LogP contribution in [0, 0.1) is 16.4 Å². The van der Waals surface area contributed by atoms with E-state index in [0.717, 1.165) is 6.07 Å². The highest BCUT2D eigenvalue weighted by Gasteiger charge is 2.24. The molecule has 0 saturated carbocycles. The van der Waals surface area contributed by atoms with Crippen molar-refractivity contribution >= 4 is 18.5 Å². The Kier molecular flexibility index (Phi) is 3.25. The molecule has 1 unspecified atom stereocenters. The molecule has 0 aliphatic heterocycles. The number of H-pyrrole nitrogens is 1. The first-order valence-corrected chi connectivity index (χ1v) is 6.72. The third-order valence-electron chi connectivity index (χ3n) is 3.72. The zero-order chi connectivity index (χ0) is 14.3. The first-order chi connectivity index (χ1) is 9.58. The van der Waals surface area contributed by atoms with Crippen LogP contribution >= 0.6 is 12.2 Å². The van der Waals surface area contributed by atoms with E-state index >= 15 is 0 Å². The van der Waals surface area contributed by atoms with E-state index in [4.69, 9.17) is 12.2 Å². The molecule has 0 bridgehead atoms. The maximum atomic E-state index is 13.7. The Balaban J connectivity index is 1.97. The van der Waals surface area contributed by atoms with E-state index in [9.17, 15) is 13.6 Å². The molecule has 6 heteroatoms. The molecule has 1 aromatic heterocycles. The number of nitrogens with one attached hydrogen (secondary N) is 1. The van der Waals surface area contributed by atoms with Crippen LogP contribution in [-0.2, 0) is 12.8 Å². The Morgan fingerprint density at radius 2 is 2.20 bits per heavy atom. The quantitative estimate of drug-likeness (QED) is 0.681. The molecular weight excluding hydrogens is 282 g/mol. The maximum Gasteiger partial charge on any atom is 0.177 e. The highest BCUT2D eigenvalue weighted by atomic mass is 32.1. The van der Waals surface area contributed by atoms with Gasteiger partial charge in [-0.05, 0) is 48.7 Å². The van der Waals surface area contributed by atoms with Crippen LogP contribution in [0.4, 0.5) is 8.78 Å². The van der Waals surface area contributed by atoms with Gasteiger partial charge in [0.05, 0.1) is 5.69 Å². The van der Waals surface area contributed by atoms with Crippen molar-refractivity contribution in [2.45, 2.75) is 25.3 Å². The molecule has 0 amide bonds. The molecule has 1 aromatic carbocycles. The number of imidazole rings is 1. The molecule has 0 spiro atoms. The maximum absolute atomic E-state index is 13.7. The van der Waals surface area contributed by atoms with Gasteiger partial charge < -0.3 is 9.55 Å². The van der Waals surface area contributed by atoms with Crippen molar-refractivity contribution in [2.24, 2.45) is 0 Å². The number of fused-ring (bicyclic) bond motifs is 1. The van der Waals surface area contributed by atoms with E-state index in [1.807, 2.05) is 0 Å². The highest BCUT2D eigenvalue weighted by molar-refractivity contribution is 7.71. The Labute approximate surface area is 119 Å². The molecule has 1 atom stereocenters. The van der Waals surface area contributed by atoms with E-state index in [-0.39, 0.29) is 6.04 Å². The van der Waals surface area contributed by atoms with E-state index in [1.54, 1.807) is 10.8 Å². The van der Waals surface area contributed by atoms with Gasteiger partial charge in [0.15, 0.2) is 11.1 Å². The second-order valence-corrected chi connectivity index (χ2v) is 5.35. The van der Waals surface area contributed by atoms with Crippen molar-refractivity contribution in [2.75, 3.05) is 0 Å². The first kappa shape index (κ1) is 13.2. The van der Waals surface area contributed by atoms with Crippen LogP contribution in [0.1, 0.15) is 34.1 Å². The van der Waals surface area contributed by atoms with Gasteiger partial charge in [-0.2, -0.15) is 0 Å². The number of nitrogens with zero attached hydrogens (tertiary/aromatic N) is 1. The topological polar surface area (TPSA) is 37.8 Å². The van der Waals surface area contributed by atoms with Gasteiger partial charge in [0, 0.05) is 18.3 Å². The molecule has 1 aliphatic carbocycles. The number of hydrogen-bond acceptors (Lipinski definition) is 2. The highest BCUT2D eigenvalue weighted by Crippen LogP contribution is 2.31. The summed E-state index contributed by atoms with van der Waals surface area (Å²) in [7, 11) is 0. The van der Waals surface area contributed by atoms with Gasteiger partial charge in [0.2, 0.25) is 0 Å². The van der Waals surface area contributed by atoms with Crippen molar-refractivity contribution in [1.29, 1.82) is 0 Å². The van der Waals surface area contributed by atoms with Gasteiger partial charge in [0.25, 0.3) is 0 Å². The lowest BCUT2D eigenvalue weighted by molar-refractivity contribution is 0.111. The molecule has 104 valence electrons. The molecule has 1 heterocycles. The number of aromatic amines is 1. The monoisotopic (exact) mass is 294 g/mol. The molecule has 0 fully saturated rings. The molecule has 1 aliphatic rings. The number of aromatic nitrogens is 2. The van der Waals surface area contributed by atoms with Gasteiger partial charge in [0.1, 0.15) is 11.6 Å². The Morgan fingerprint density at radius 1 is 1.40 bits per heavy atom. The Morgan fingerprint density at radius 3 is 2.90 bits per heavy atom. The summed E-state index contributed by atoms with van der Waals surface area (Å²) in [4.78, 5) is 13.6. The molecule has 3 nitrogen and oxygen atoms in total. The van der Waals surface area contributed by atoms with E-state index in [1.165, 1.54) is 6.07 Å². The van der Waals surface area contributed by atoms with Crippen molar-refractivity contribution in [3.05, 3.63) is 51.6 Å². The minimum atomic E-state index is -0.562. The van der Waals surface area contributed by atoms with Crippen molar-refractivity contribution in [3.63, 3.8) is 0 Å². The lowest BCUT2D eigenvalue weighted by Gasteiger charge is -2.26. The zero-order valence-electron chi connectivity index (χ0n) is 10.5. The number of benzene rings is 1. The Bertz CT molecular complexity index is 735. The van der Waals surface area contributed by atoms with Crippen LogP contribution in [0.2, 0.25) is 0 Å². The van der Waals surface area contributed by atoms with E-state index in [0.29, 0.717) is 47.1 Å². The van der Waals surface area contributed by atoms with Crippen LogP contribution in [0.5, 0.6) is 0 Å². The van der Waals surface area contributed by atoms with Crippen molar-refractivity contribution in [3.8, 4) is 0 Å². The fourth-order valence-electron chi connectivity index (χ4n) is 2.78. The summed E-state index contributed by atoms with van der Waals surface area (Å²) in [5, 5.41) is 0. The largest absolute Gasteiger partial charge is 0.328 e. The van der Waals surface area contributed by atoms with Crippen LogP contribution in [0.15, 0.2) is 18.3 Å². The predicted octanol–water partition coefficient (Wildman–Crippen LogP) is 3.37. The molecule has 20 heavy (non-hydrogen) atoms. The van der Waals surface area contributed by atoms with Crippen molar-refractivity contribution < 1.29 is 13.6 Å². The van der Waals surface area contributed by atoms with Crippen LogP contribution in [-0.4, -0.2) is 15.8 Å². The van der Waals surface area contributed by atoms with Gasteiger partial charge in [-0.15, -0.1) is 0 Å². The van der Waals surface area contributed by atoms with Gasteiger partial charge in [-0.1, -0.05) is 0 Å². The van der Waals surface area contributed by atoms with Crippen LogP contribution < -0.4 is 0 Å². The summed E-state index contributed by atoms with van der Waals surface area (Å²) in [6, 6.07) is 2.31. The normalized spacial score (nSPS) is 17.8.